The highest BCUT2D eigenvalue weighted by molar-refractivity contribution is 5.58. The van der Waals surface area contributed by atoms with Gasteiger partial charge in [-0.05, 0) is 42.5 Å². The van der Waals surface area contributed by atoms with Crippen LogP contribution in [0.25, 0.3) is 11.3 Å². The van der Waals surface area contributed by atoms with Crippen LogP contribution in [-0.4, -0.2) is 4.98 Å². The van der Waals surface area contributed by atoms with Crippen LogP contribution >= 0.6 is 0 Å². The molecule has 0 unspecified atom stereocenters. The topological polar surface area (TPSA) is 35.3 Å². The summed E-state index contributed by atoms with van der Waals surface area (Å²) in [7, 11) is 0. The van der Waals surface area contributed by atoms with Gasteiger partial charge >= 0.3 is 0 Å². The standard InChI is InChI=1S/C16H12FNO2/c17-14-10-12(15-5-3-9-19-15)6-7-16(14)20-11-13-4-1-2-8-18-13/h1-10H,11H2. The first-order valence-electron chi connectivity index (χ1n) is 6.19. The molecule has 4 heteroatoms. The van der Waals surface area contributed by atoms with Crippen LogP contribution in [0.4, 0.5) is 4.39 Å². The quantitative estimate of drug-likeness (QED) is 0.716. The van der Waals surface area contributed by atoms with E-state index in [0.29, 0.717) is 11.3 Å². The average Bonchev–Trinajstić information content (AvgIpc) is 3.01. The predicted molar refractivity (Wildman–Crippen MR) is 72.7 cm³/mol. The zero-order valence-corrected chi connectivity index (χ0v) is 10.6. The monoisotopic (exact) mass is 269 g/mol. The van der Waals surface area contributed by atoms with Gasteiger partial charge < -0.3 is 9.15 Å². The number of pyridine rings is 1. The van der Waals surface area contributed by atoms with Crippen molar-refractivity contribution < 1.29 is 13.5 Å². The maximum atomic E-state index is 14.0. The van der Waals surface area contributed by atoms with E-state index in [1.807, 2.05) is 18.2 Å². The first-order chi connectivity index (χ1) is 9.83. The third-order valence-corrected chi connectivity index (χ3v) is 2.84. The second-order valence-electron chi connectivity index (χ2n) is 4.23. The molecule has 3 aromatic rings. The van der Waals surface area contributed by atoms with Gasteiger partial charge in [0.2, 0.25) is 0 Å². The van der Waals surface area contributed by atoms with Crippen molar-refractivity contribution in [2.24, 2.45) is 0 Å². The Morgan fingerprint density at radius 3 is 2.75 bits per heavy atom. The van der Waals surface area contributed by atoms with Gasteiger partial charge in [0.15, 0.2) is 11.6 Å². The van der Waals surface area contributed by atoms with E-state index in [-0.39, 0.29) is 12.4 Å². The van der Waals surface area contributed by atoms with Crippen LogP contribution in [0.3, 0.4) is 0 Å². The normalized spacial score (nSPS) is 10.4. The van der Waals surface area contributed by atoms with Gasteiger partial charge in [-0.2, -0.15) is 0 Å². The van der Waals surface area contributed by atoms with Gasteiger partial charge in [0.25, 0.3) is 0 Å². The number of hydrogen-bond acceptors (Lipinski definition) is 3. The van der Waals surface area contributed by atoms with Crippen molar-refractivity contribution in [2.45, 2.75) is 6.61 Å². The Morgan fingerprint density at radius 1 is 1.10 bits per heavy atom. The van der Waals surface area contributed by atoms with E-state index in [2.05, 4.69) is 4.98 Å². The van der Waals surface area contributed by atoms with Crippen molar-refractivity contribution in [3.05, 3.63) is 72.5 Å². The molecule has 0 aliphatic carbocycles. The van der Waals surface area contributed by atoms with Crippen LogP contribution in [0.1, 0.15) is 5.69 Å². The van der Waals surface area contributed by atoms with E-state index in [0.717, 1.165) is 5.69 Å². The molecule has 0 aliphatic rings. The molecule has 3 nitrogen and oxygen atoms in total. The molecule has 1 aromatic carbocycles. The summed E-state index contributed by atoms with van der Waals surface area (Å²) >= 11 is 0. The SMILES string of the molecule is Fc1cc(-c2ccco2)ccc1OCc1ccccn1. The minimum Gasteiger partial charge on any atom is -0.484 e. The minimum absolute atomic E-state index is 0.200. The van der Waals surface area contributed by atoms with E-state index >= 15 is 0 Å². The Balaban J connectivity index is 1.75. The molecule has 2 heterocycles. The highest BCUT2D eigenvalue weighted by atomic mass is 19.1. The van der Waals surface area contributed by atoms with E-state index in [4.69, 9.17) is 9.15 Å². The lowest BCUT2D eigenvalue weighted by Crippen LogP contribution is -1.99. The van der Waals surface area contributed by atoms with Gasteiger partial charge in [-0.15, -0.1) is 0 Å². The van der Waals surface area contributed by atoms with Crippen molar-refractivity contribution in [3.8, 4) is 17.1 Å². The molecule has 0 amide bonds. The third-order valence-electron chi connectivity index (χ3n) is 2.84. The van der Waals surface area contributed by atoms with E-state index in [1.165, 1.54) is 6.07 Å². The average molecular weight is 269 g/mol. The molecule has 3 rings (SSSR count). The van der Waals surface area contributed by atoms with Crippen LogP contribution in [0.15, 0.2) is 65.4 Å². The van der Waals surface area contributed by atoms with Gasteiger partial charge in [-0.1, -0.05) is 6.07 Å². The van der Waals surface area contributed by atoms with Crippen molar-refractivity contribution in [2.75, 3.05) is 0 Å². The smallest absolute Gasteiger partial charge is 0.165 e. The van der Waals surface area contributed by atoms with E-state index < -0.39 is 5.82 Å². The van der Waals surface area contributed by atoms with Crippen LogP contribution in [-0.2, 0) is 6.61 Å². The Morgan fingerprint density at radius 2 is 2.05 bits per heavy atom. The second kappa shape index (κ2) is 5.57. The summed E-state index contributed by atoms with van der Waals surface area (Å²) in [6, 6.07) is 13.8. The zero-order chi connectivity index (χ0) is 13.8. The first kappa shape index (κ1) is 12.4. The number of furan rings is 1. The molecular weight excluding hydrogens is 257 g/mol. The fraction of sp³-hybridized carbons (Fsp3) is 0.0625. The highest BCUT2D eigenvalue weighted by Gasteiger charge is 2.08. The van der Waals surface area contributed by atoms with E-state index in [9.17, 15) is 4.39 Å². The Hall–Kier alpha value is -2.62. The Kier molecular flexibility index (Phi) is 3.46. The molecule has 100 valence electrons. The molecule has 20 heavy (non-hydrogen) atoms. The molecule has 0 fully saturated rings. The molecular formula is C16H12FNO2. The molecule has 0 atom stereocenters. The molecule has 2 aromatic heterocycles. The van der Waals surface area contributed by atoms with Crippen molar-refractivity contribution >= 4 is 0 Å². The van der Waals surface area contributed by atoms with Crippen molar-refractivity contribution in [1.82, 2.24) is 4.98 Å². The number of aromatic nitrogens is 1. The number of hydrogen-bond donors (Lipinski definition) is 0. The van der Waals surface area contributed by atoms with Crippen LogP contribution in [0, 0.1) is 5.82 Å². The maximum Gasteiger partial charge on any atom is 0.165 e. The zero-order valence-electron chi connectivity index (χ0n) is 10.6. The molecule has 0 N–H and O–H groups in total. The number of nitrogens with zero attached hydrogens (tertiary/aromatic N) is 1. The summed E-state index contributed by atoms with van der Waals surface area (Å²) in [4.78, 5) is 4.12. The Labute approximate surface area is 115 Å². The largest absolute Gasteiger partial charge is 0.484 e. The van der Waals surface area contributed by atoms with Crippen molar-refractivity contribution in [1.29, 1.82) is 0 Å². The molecule has 0 radical (unpaired) electrons. The summed E-state index contributed by atoms with van der Waals surface area (Å²) in [5, 5.41) is 0. The molecule has 0 saturated heterocycles. The minimum atomic E-state index is -0.421. The first-order valence-corrected chi connectivity index (χ1v) is 6.19. The van der Waals surface area contributed by atoms with Gasteiger partial charge in [-0.25, -0.2) is 4.39 Å². The number of benzene rings is 1. The van der Waals surface area contributed by atoms with E-state index in [1.54, 1.807) is 36.7 Å². The van der Waals surface area contributed by atoms with Crippen molar-refractivity contribution in [3.63, 3.8) is 0 Å². The van der Waals surface area contributed by atoms with Gasteiger partial charge in [-0.3, -0.25) is 4.98 Å². The lowest BCUT2D eigenvalue weighted by molar-refractivity contribution is 0.286. The molecule has 0 spiro atoms. The predicted octanol–water partition coefficient (Wildman–Crippen LogP) is 4.06. The molecule has 0 bridgehead atoms. The van der Waals surface area contributed by atoms with Crippen LogP contribution < -0.4 is 4.74 Å². The summed E-state index contributed by atoms with van der Waals surface area (Å²) in [5.74, 6) is 0.404. The summed E-state index contributed by atoms with van der Waals surface area (Å²) in [5.41, 5.74) is 1.43. The van der Waals surface area contributed by atoms with Crippen LogP contribution in [0.2, 0.25) is 0 Å². The second-order valence-corrected chi connectivity index (χ2v) is 4.23. The number of rotatable bonds is 4. The van der Waals surface area contributed by atoms with Gasteiger partial charge in [0.05, 0.1) is 12.0 Å². The fourth-order valence-electron chi connectivity index (χ4n) is 1.85. The van der Waals surface area contributed by atoms with Crippen LogP contribution in [0.5, 0.6) is 5.75 Å². The molecule has 0 aliphatic heterocycles. The third kappa shape index (κ3) is 2.69. The summed E-state index contributed by atoms with van der Waals surface area (Å²) in [6.07, 6.45) is 3.23. The molecule has 0 saturated carbocycles. The lowest BCUT2D eigenvalue weighted by atomic mass is 10.1. The number of ether oxygens (including phenoxy) is 1. The maximum absolute atomic E-state index is 14.0. The fourth-order valence-corrected chi connectivity index (χ4v) is 1.85. The summed E-state index contributed by atoms with van der Waals surface area (Å²) in [6.45, 7) is 0.234. The van der Waals surface area contributed by atoms with Gasteiger partial charge in [0, 0.05) is 11.8 Å². The van der Waals surface area contributed by atoms with Gasteiger partial charge in [0.1, 0.15) is 12.4 Å². The number of halogens is 1. The highest BCUT2D eigenvalue weighted by Crippen LogP contribution is 2.26. The summed E-state index contributed by atoms with van der Waals surface area (Å²) < 4.78 is 24.6. The lowest BCUT2D eigenvalue weighted by Gasteiger charge is -2.07. The Bertz CT molecular complexity index is 681.